The second kappa shape index (κ2) is 6.12. The van der Waals surface area contributed by atoms with E-state index < -0.39 is 0 Å². The van der Waals surface area contributed by atoms with E-state index >= 15 is 0 Å². The summed E-state index contributed by atoms with van der Waals surface area (Å²) in [5.41, 5.74) is 2.28. The minimum Gasteiger partial charge on any atom is -0.495 e. The second-order valence-corrected chi connectivity index (χ2v) is 4.58. The Morgan fingerprint density at radius 3 is 2.56 bits per heavy atom. The lowest BCUT2D eigenvalue weighted by molar-refractivity contribution is 0.287. The minimum atomic E-state index is 0.187. The van der Waals surface area contributed by atoms with E-state index in [0.717, 1.165) is 24.2 Å². The van der Waals surface area contributed by atoms with E-state index in [2.05, 4.69) is 19.9 Å². The van der Waals surface area contributed by atoms with E-state index in [1.807, 2.05) is 6.07 Å². The van der Waals surface area contributed by atoms with Crippen LogP contribution in [0.25, 0.3) is 0 Å². The van der Waals surface area contributed by atoms with Crippen molar-refractivity contribution in [3.05, 3.63) is 28.3 Å². The van der Waals surface area contributed by atoms with Crippen molar-refractivity contribution in [1.29, 1.82) is 0 Å². The average Bonchev–Trinajstić information content (AvgIpc) is 2.25. The van der Waals surface area contributed by atoms with Crippen LogP contribution in [0, 0.1) is 0 Å². The number of rotatable bonds is 5. The summed E-state index contributed by atoms with van der Waals surface area (Å²) in [7, 11) is 1.62. The normalized spacial score (nSPS) is 10.9. The maximum atomic E-state index is 8.87. The Bertz CT molecular complexity index is 348. The molecule has 0 aliphatic rings. The van der Waals surface area contributed by atoms with Gasteiger partial charge in [-0.2, -0.15) is 0 Å². The molecule has 0 aliphatic heterocycles. The van der Waals surface area contributed by atoms with Crippen LogP contribution in [0.1, 0.15) is 37.3 Å². The third-order valence-corrected chi connectivity index (χ3v) is 2.90. The number of ether oxygens (including phenoxy) is 1. The predicted octanol–water partition coefficient (Wildman–Crippen LogP) is 3.40. The fourth-order valence-electron chi connectivity index (χ4n) is 1.69. The van der Waals surface area contributed by atoms with Crippen LogP contribution < -0.4 is 4.74 Å². The number of methoxy groups -OCH3 is 1. The molecule has 1 rings (SSSR count). The Labute approximate surface area is 102 Å². The van der Waals surface area contributed by atoms with Crippen molar-refractivity contribution in [3.8, 4) is 5.75 Å². The van der Waals surface area contributed by atoms with E-state index in [4.69, 9.17) is 21.4 Å². The van der Waals surface area contributed by atoms with E-state index in [9.17, 15) is 0 Å². The van der Waals surface area contributed by atoms with Crippen LogP contribution in [0.5, 0.6) is 5.75 Å². The molecule has 0 spiro atoms. The van der Waals surface area contributed by atoms with Crippen molar-refractivity contribution >= 4 is 11.6 Å². The maximum absolute atomic E-state index is 8.87. The van der Waals surface area contributed by atoms with Crippen molar-refractivity contribution in [2.45, 2.75) is 32.6 Å². The van der Waals surface area contributed by atoms with Crippen LogP contribution >= 0.6 is 11.6 Å². The van der Waals surface area contributed by atoms with E-state index in [-0.39, 0.29) is 6.61 Å². The Morgan fingerprint density at radius 1 is 1.38 bits per heavy atom. The third-order valence-electron chi connectivity index (χ3n) is 2.62. The van der Waals surface area contributed by atoms with Gasteiger partial charge >= 0.3 is 0 Å². The van der Waals surface area contributed by atoms with Crippen LogP contribution in [0.2, 0.25) is 5.02 Å². The zero-order valence-electron chi connectivity index (χ0n) is 10.1. The summed E-state index contributed by atoms with van der Waals surface area (Å²) >= 11 is 6.17. The molecule has 1 N–H and O–H groups in total. The highest BCUT2D eigenvalue weighted by molar-refractivity contribution is 6.32. The summed E-state index contributed by atoms with van der Waals surface area (Å²) in [5.74, 6) is 1.18. The molecule has 0 aliphatic carbocycles. The quantitative estimate of drug-likeness (QED) is 0.858. The molecule has 1 aromatic carbocycles. The Hall–Kier alpha value is -0.730. The molecule has 0 atom stereocenters. The van der Waals surface area contributed by atoms with Crippen LogP contribution in [0.3, 0.4) is 0 Å². The minimum absolute atomic E-state index is 0.187. The van der Waals surface area contributed by atoms with E-state index in [1.165, 1.54) is 5.56 Å². The first-order chi connectivity index (χ1) is 7.60. The zero-order chi connectivity index (χ0) is 12.1. The van der Waals surface area contributed by atoms with Gasteiger partial charge in [0.1, 0.15) is 5.75 Å². The maximum Gasteiger partial charge on any atom is 0.140 e. The van der Waals surface area contributed by atoms with Gasteiger partial charge in [0.25, 0.3) is 0 Å². The zero-order valence-corrected chi connectivity index (χ0v) is 10.8. The van der Waals surface area contributed by atoms with Gasteiger partial charge in [0, 0.05) is 6.61 Å². The molecule has 0 saturated carbocycles. The SMILES string of the molecule is COc1c(Cl)cc(C(C)C)cc1CCCO. The van der Waals surface area contributed by atoms with Crippen LogP contribution in [0.15, 0.2) is 12.1 Å². The van der Waals surface area contributed by atoms with Crippen LogP contribution in [0.4, 0.5) is 0 Å². The topological polar surface area (TPSA) is 29.5 Å². The van der Waals surface area contributed by atoms with Gasteiger partial charge in [-0.3, -0.25) is 0 Å². The largest absolute Gasteiger partial charge is 0.495 e. The first-order valence-electron chi connectivity index (χ1n) is 5.57. The molecule has 0 fully saturated rings. The summed E-state index contributed by atoms with van der Waals surface area (Å²) in [4.78, 5) is 0. The Morgan fingerprint density at radius 2 is 2.06 bits per heavy atom. The van der Waals surface area contributed by atoms with Gasteiger partial charge in [-0.25, -0.2) is 0 Å². The van der Waals surface area contributed by atoms with Gasteiger partial charge in [0.15, 0.2) is 0 Å². The molecule has 90 valence electrons. The van der Waals surface area contributed by atoms with Crippen molar-refractivity contribution in [1.82, 2.24) is 0 Å². The van der Waals surface area contributed by atoms with Gasteiger partial charge in [-0.1, -0.05) is 31.5 Å². The smallest absolute Gasteiger partial charge is 0.140 e. The summed E-state index contributed by atoms with van der Waals surface area (Å²) in [6.45, 7) is 4.45. The Balaban J connectivity index is 3.09. The van der Waals surface area contributed by atoms with E-state index in [0.29, 0.717) is 10.9 Å². The molecule has 2 nitrogen and oxygen atoms in total. The van der Waals surface area contributed by atoms with Crippen LogP contribution in [-0.4, -0.2) is 18.8 Å². The lowest BCUT2D eigenvalue weighted by Crippen LogP contribution is -1.98. The Kier molecular flexibility index (Phi) is 5.10. The first kappa shape index (κ1) is 13.3. The predicted molar refractivity (Wildman–Crippen MR) is 67.5 cm³/mol. The molecule has 0 heterocycles. The number of aliphatic hydroxyl groups is 1. The van der Waals surface area contributed by atoms with Gasteiger partial charge in [0.2, 0.25) is 0 Å². The van der Waals surface area contributed by atoms with Crippen molar-refractivity contribution in [3.63, 3.8) is 0 Å². The number of halogens is 1. The van der Waals surface area contributed by atoms with Crippen molar-refractivity contribution in [2.24, 2.45) is 0 Å². The van der Waals surface area contributed by atoms with Crippen LogP contribution in [-0.2, 0) is 6.42 Å². The van der Waals surface area contributed by atoms with Gasteiger partial charge < -0.3 is 9.84 Å². The van der Waals surface area contributed by atoms with Gasteiger partial charge in [0.05, 0.1) is 12.1 Å². The standard InChI is InChI=1S/C13H19ClO2/c1-9(2)11-7-10(5-4-6-15)13(16-3)12(14)8-11/h7-9,15H,4-6H2,1-3H3. The number of hydrogen-bond acceptors (Lipinski definition) is 2. The molecule has 3 heteroatoms. The fourth-order valence-corrected chi connectivity index (χ4v) is 2.02. The third kappa shape index (κ3) is 3.13. The molecule has 0 radical (unpaired) electrons. The fraction of sp³-hybridized carbons (Fsp3) is 0.538. The molecule has 0 unspecified atom stereocenters. The summed E-state index contributed by atoms with van der Waals surface area (Å²) in [6, 6.07) is 4.07. The summed E-state index contributed by atoms with van der Waals surface area (Å²) in [5, 5.41) is 9.52. The summed E-state index contributed by atoms with van der Waals surface area (Å²) in [6.07, 6.45) is 1.52. The number of aryl methyl sites for hydroxylation is 1. The van der Waals surface area contributed by atoms with E-state index in [1.54, 1.807) is 7.11 Å². The average molecular weight is 243 g/mol. The van der Waals surface area contributed by atoms with Crippen molar-refractivity contribution in [2.75, 3.05) is 13.7 Å². The highest BCUT2D eigenvalue weighted by Gasteiger charge is 2.11. The molecule has 16 heavy (non-hydrogen) atoms. The number of hydrogen-bond donors (Lipinski definition) is 1. The van der Waals surface area contributed by atoms with Crippen molar-refractivity contribution < 1.29 is 9.84 Å². The molecule has 0 amide bonds. The second-order valence-electron chi connectivity index (χ2n) is 4.18. The van der Waals surface area contributed by atoms with Gasteiger partial charge in [-0.15, -0.1) is 0 Å². The number of aliphatic hydroxyl groups excluding tert-OH is 1. The lowest BCUT2D eigenvalue weighted by Gasteiger charge is -2.14. The van der Waals surface area contributed by atoms with Gasteiger partial charge in [-0.05, 0) is 36.0 Å². The summed E-state index contributed by atoms with van der Waals surface area (Å²) < 4.78 is 5.29. The highest BCUT2D eigenvalue weighted by atomic mass is 35.5. The molecular weight excluding hydrogens is 224 g/mol. The molecular formula is C13H19ClO2. The molecule has 0 aromatic heterocycles. The molecule has 0 bridgehead atoms. The lowest BCUT2D eigenvalue weighted by atomic mass is 9.98. The number of benzene rings is 1. The molecule has 0 saturated heterocycles. The first-order valence-corrected chi connectivity index (χ1v) is 5.95. The molecule has 1 aromatic rings. The monoisotopic (exact) mass is 242 g/mol. The highest BCUT2D eigenvalue weighted by Crippen LogP contribution is 2.33.